The fourth-order valence-corrected chi connectivity index (χ4v) is 3.98. The van der Waals surface area contributed by atoms with Gasteiger partial charge in [-0.05, 0) is 50.2 Å². The molecule has 0 spiro atoms. The number of carbonyl (C=O) groups is 1. The lowest BCUT2D eigenvalue weighted by molar-refractivity contribution is -0.111. The first-order valence-electron chi connectivity index (χ1n) is 11.0. The van der Waals surface area contributed by atoms with E-state index in [9.17, 15) is 4.79 Å². The van der Waals surface area contributed by atoms with Crippen LogP contribution in [0.4, 0.5) is 11.5 Å². The van der Waals surface area contributed by atoms with E-state index in [1.165, 1.54) is 19.2 Å². The second-order valence-corrected chi connectivity index (χ2v) is 8.77. The summed E-state index contributed by atoms with van der Waals surface area (Å²) in [6, 6.07) is 15.4. The summed E-state index contributed by atoms with van der Waals surface area (Å²) in [4.78, 5) is 23.2. The van der Waals surface area contributed by atoms with Crippen LogP contribution in [0.15, 0.2) is 67.0 Å². The lowest BCUT2D eigenvalue weighted by Gasteiger charge is -2.11. The average molecular weight is 474 g/mol. The van der Waals surface area contributed by atoms with Gasteiger partial charge in [-0.15, -0.1) is 0 Å². The summed E-state index contributed by atoms with van der Waals surface area (Å²) in [5, 5.41) is 9.00. The van der Waals surface area contributed by atoms with Gasteiger partial charge >= 0.3 is 0 Å². The minimum absolute atomic E-state index is 0.180. The predicted molar refractivity (Wildman–Crippen MR) is 135 cm³/mol. The molecule has 8 nitrogen and oxygen atoms in total. The van der Waals surface area contributed by atoms with Crippen LogP contribution in [0.5, 0.6) is 0 Å². The number of hydrogen-bond donors (Lipinski definition) is 2. The second-order valence-electron chi connectivity index (χ2n) is 8.34. The Hall–Kier alpha value is -3.75. The lowest BCUT2D eigenvalue weighted by atomic mass is 10.1. The zero-order valence-corrected chi connectivity index (χ0v) is 19.4. The van der Waals surface area contributed by atoms with E-state index >= 15 is 0 Å². The third-order valence-electron chi connectivity index (χ3n) is 5.80. The van der Waals surface area contributed by atoms with Crippen molar-refractivity contribution in [3.63, 3.8) is 0 Å². The van der Waals surface area contributed by atoms with Gasteiger partial charge in [-0.25, -0.2) is 14.6 Å². The van der Waals surface area contributed by atoms with E-state index in [2.05, 4.69) is 27.2 Å². The summed E-state index contributed by atoms with van der Waals surface area (Å²) < 4.78 is 1.70. The molecule has 9 heteroatoms. The predicted octanol–water partition coefficient (Wildman–Crippen LogP) is 4.31. The molecule has 1 amide bonds. The molecule has 0 saturated heterocycles. The summed E-state index contributed by atoms with van der Waals surface area (Å²) in [6.45, 7) is 0.756. The number of aromatic nitrogens is 4. The second kappa shape index (κ2) is 9.24. The Morgan fingerprint density at radius 2 is 2.03 bits per heavy atom. The number of nitrogens with one attached hydrogen (secondary N) is 1. The van der Waals surface area contributed by atoms with E-state index in [-0.39, 0.29) is 5.91 Å². The van der Waals surface area contributed by atoms with Crippen molar-refractivity contribution >= 4 is 40.0 Å². The van der Waals surface area contributed by atoms with Crippen molar-refractivity contribution in [2.45, 2.75) is 18.9 Å². The monoisotopic (exact) mass is 473 g/mol. The van der Waals surface area contributed by atoms with Crippen LogP contribution in [0.3, 0.4) is 0 Å². The molecule has 1 aliphatic carbocycles. The third-order valence-corrected chi connectivity index (χ3v) is 6.05. The number of nitrogen functional groups attached to an aromatic ring is 1. The summed E-state index contributed by atoms with van der Waals surface area (Å²) in [5.74, 6) is 0.159. The van der Waals surface area contributed by atoms with E-state index in [1.54, 1.807) is 22.9 Å². The summed E-state index contributed by atoms with van der Waals surface area (Å²) >= 11 is 6.06. The fraction of sp³-hybridized carbons (Fsp3) is 0.200. The van der Waals surface area contributed by atoms with Crippen molar-refractivity contribution in [3.8, 4) is 16.9 Å². The highest BCUT2D eigenvalue weighted by atomic mass is 35.5. The zero-order chi connectivity index (χ0) is 23.7. The number of rotatable bonds is 7. The first kappa shape index (κ1) is 22.1. The summed E-state index contributed by atoms with van der Waals surface area (Å²) in [5.41, 5.74) is 9.67. The van der Waals surface area contributed by atoms with Gasteiger partial charge in [-0.3, -0.25) is 9.69 Å². The number of nitrogens with two attached hydrogens (primary N) is 1. The number of carbonyl (C=O) groups excluding carboxylic acids is 1. The van der Waals surface area contributed by atoms with Crippen LogP contribution in [-0.2, 0) is 4.79 Å². The number of fused-ring (bicyclic) bond motifs is 1. The van der Waals surface area contributed by atoms with Gasteiger partial charge in [0.25, 0.3) is 0 Å². The quantitative estimate of drug-likeness (QED) is 0.388. The summed E-state index contributed by atoms with van der Waals surface area (Å²) in [6.07, 6.45) is 7.35. The van der Waals surface area contributed by atoms with Crippen LogP contribution in [0.25, 0.3) is 28.0 Å². The van der Waals surface area contributed by atoms with Crippen molar-refractivity contribution in [2.24, 2.45) is 0 Å². The largest absolute Gasteiger partial charge is 0.383 e. The molecule has 2 aromatic heterocycles. The Balaban J connectivity index is 1.43. The number of nitrogens with zero attached hydrogens (tertiary/aromatic N) is 5. The number of anilines is 2. The standard InChI is InChI=1S/C25H24ClN7O/c1-32(19-11-12-19)13-3-6-21(34)30-18-4-2-5-20(14-18)33-25-22(24(27)28-15-29-25)23(31-33)16-7-9-17(26)10-8-16/h2-10,14-15,19H,11-13H2,1H3,(H,30,34)(H2,27,28,29)/b6-3+. The molecule has 0 radical (unpaired) electrons. The molecule has 0 unspecified atom stereocenters. The van der Waals surface area contributed by atoms with Crippen molar-refractivity contribution in [2.75, 3.05) is 24.6 Å². The third kappa shape index (κ3) is 4.64. The molecular formula is C25H24ClN7O. The molecule has 0 bridgehead atoms. The Morgan fingerprint density at radius 1 is 1.24 bits per heavy atom. The number of benzene rings is 2. The van der Waals surface area contributed by atoms with Crippen molar-refractivity contribution in [3.05, 3.63) is 72.0 Å². The van der Waals surface area contributed by atoms with Gasteiger partial charge in [0.15, 0.2) is 5.65 Å². The van der Waals surface area contributed by atoms with E-state index in [0.717, 1.165) is 17.8 Å². The molecule has 5 rings (SSSR count). The average Bonchev–Trinajstić information content (AvgIpc) is 3.60. The van der Waals surface area contributed by atoms with Crippen LogP contribution in [0.1, 0.15) is 12.8 Å². The number of amides is 1. The van der Waals surface area contributed by atoms with Gasteiger partial charge in [0.1, 0.15) is 17.8 Å². The van der Waals surface area contributed by atoms with E-state index in [4.69, 9.17) is 22.4 Å². The maximum absolute atomic E-state index is 12.4. The van der Waals surface area contributed by atoms with Gasteiger partial charge in [-0.1, -0.05) is 35.9 Å². The topological polar surface area (TPSA) is 102 Å². The molecule has 2 aromatic carbocycles. The first-order chi connectivity index (χ1) is 16.5. The van der Waals surface area contributed by atoms with E-state index in [0.29, 0.717) is 39.3 Å². The van der Waals surface area contributed by atoms with Gasteiger partial charge < -0.3 is 11.1 Å². The molecule has 0 aliphatic heterocycles. The normalized spacial score (nSPS) is 13.7. The van der Waals surface area contributed by atoms with Gasteiger partial charge in [0.2, 0.25) is 5.91 Å². The smallest absolute Gasteiger partial charge is 0.248 e. The van der Waals surface area contributed by atoms with Gasteiger partial charge in [0.05, 0.1) is 11.1 Å². The zero-order valence-electron chi connectivity index (χ0n) is 18.6. The van der Waals surface area contributed by atoms with Gasteiger partial charge in [0, 0.05) is 34.9 Å². The highest BCUT2D eigenvalue weighted by Gasteiger charge is 2.25. The van der Waals surface area contributed by atoms with E-state index in [1.807, 2.05) is 42.5 Å². The van der Waals surface area contributed by atoms with Crippen molar-refractivity contribution in [1.82, 2.24) is 24.6 Å². The Bertz CT molecular complexity index is 1380. The van der Waals surface area contributed by atoms with Gasteiger partial charge in [-0.2, -0.15) is 5.10 Å². The number of halogens is 1. The van der Waals surface area contributed by atoms with Crippen molar-refractivity contribution < 1.29 is 4.79 Å². The molecule has 4 aromatic rings. The number of likely N-dealkylation sites (N-methyl/N-ethyl adjacent to an activating group) is 1. The molecule has 1 saturated carbocycles. The van der Waals surface area contributed by atoms with Crippen LogP contribution >= 0.6 is 11.6 Å². The molecule has 2 heterocycles. The maximum Gasteiger partial charge on any atom is 0.248 e. The molecule has 0 atom stereocenters. The van der Waals surface area contributed by atoms with Crippen LogP contribution in [0, 0.1) is 0 Å². The van der Waals surface area contributed by atoms with Crippen LogP contribution in [0.2, 0.25) is 5.02 Å². The fourth-order valence-electron chi connectivity index (χ4n) is 3.85. The Kier molecular flexibility index (Phi) is 6.00. The Morgan fingerprint density at radius 3 is 2.79 bits per heavy atom. The van der Waals surface area contributed by atoms with Crippen molar-refractivity contribution in [1.29, 1.82) is 0 Å². The molecular weight excluding hydrogens is 450 g/mol. The number of hydrogen-bond acceptors (Lipinski definition) is 6. The van der Waals surface area contributed by atoms with E-state index < -0.39 is 0 Å². The Labute approximate surface area is 202 Å². The minimum Gasteiger partial charge on any atom is -0.383 e. The first-order valence-corrected chi connectivity index (χ1v) is 11.4. The highest BCUT2D eigenvalue weighted by Crippen LogP contribution is 2.32. The van der Waals surface area contributed by atoms with Crippen LogP contribution < -0.4 is 11.1 Å². The lowest BCUT2D eigenvalue weighted by Crippen LogP contribution is -2.20. The molecule has 172 valence electrons. The molecule has 3 N–H and O–H groups in total. The molecule has 34 heavy (non-hydrogen) atoms. The summed E-state index contributed by atoms with van der Waals surface area (Å²) in [7, 11) is 2.08. The molecule has 1 fully saturated rings. The maximum atomic E-state index is 12.4. The minimum atomic E-state index is -0.180. The highest BCUT2D eigenvalue weighted by molar-refractivity contribution is 6.30. The SMILES string of the molecule is CN(C/C=C/C(=O)Nc1cccc(-n2nc(-c3ccc(Cl)cc3)c3c(N)ncnc32)c1)C1CC1. The molecule has 1 aliphatic rings. The van der Waals surface area contributed by atoms with Crippen LogP contribution in [-0.4, -0.2) is 50.2 Å².